The molecule has 2 aromatic carbocycles. The highest BCUT2D eigenvalue weighted by Gasteiger charge is 2.55. The summed E-state index contributed by atoms with van der Waals surface area (Å²) in [5, 5.41) is 5.78. The van der Waals surface area contributed by atoms with E-state index in [-0.39, 0.29) is 23.2 Å². The fraction of sp³-hybridized carbons (Fsp3) is 0.360. The van der Waals surface area contributed by atoms with Crippen molar-refractivity contribution >= 4 is 69.5 Å². The first-order valence-corrected chi connectivity index (χ1v) is 14.1. The number of hydrogen-bond donors (Lipinski definition) is 1. The molecule has 1 aromatic heterocycles. The van der Waals surface area contributed by atoms with E-state index in [1.807, 2.05) is 23.9 Å². The molecule has 2 heterocycles. The molecule has 2 bridgehead atoms. The maximum Gasteiger partial charge on any atom is 0.308 e. The number of amides is 1. The molecule has 0 saturated heterocycles. The monoisotopic (exact) mass is 550 g/mol. The Morgan fingerprint density at radius 1 is 1.03 bits per heavy atom. The molecule has 5 atom stereocenters. The molecular weight excluding hydrogens is 531 g/mol. The number of rotatable bonds is 4. The van der Waals surface area contributed by atoms with Crippen LogP contribution in [0.3, 0.4) is 0 Å². The summed E-state index contributed by atoms with van der Waals surface area (Å²) in [6.07, 6.45) is 3.80. The molecule has 0 radical (unpaired) electrons. The number of nitrogens with one attached hydrogen (secondary N) is 1. The van der Waals surface area contributed by atoms with Gasteiger partial charge in [-0.2, -0.15) is 0 Å². The van der Waals surface area contributed by atoms with E-state index in [9.17, 15) is 9.59 Å². The molecule has 1 N–H and O–H groups in total. The Balaban J connectivity index is 1.35. The zero-order valence-corrected chi connectivity index (χ0v) is 21.9. The molecule has 4 nitrogen and oxygen atoms in total. The number of carbonyl (C=O) groups excluding carboxylic acids is 1. The number of thioether (sulfide) groups is 1. The van der Waals surface area contributed by atoms with E-state index in [0.29, 0.717) is 43.8 Å². The molecular formula is C25H21Cl3N2O2S2. The van der Waals surface area contributed by atoms with Crippen LogP contribution < -0.4 is 10.2 Å². The highest BCUT2D eigenvalue weighted by Crippen LogP contribution is 2.64. The number of carbonyl (C=O) groups is 1. The summed E-state index contributed by atoms with van der Waals surface area (Å²) in [6.45, 7) is -0.0310. The third-order valence-corrected chi connectivity index (χ3v) is 11.2. The fourth-order valence-corrected chi connectivity index (χ4v) is 9.62. The Kier molecular flexibility index (Phi) is 6.01. The van der Waals surface area contributed by atoms with Gasteiger partial charge in [-0.3, -0.25) is 14.2 Å². The Bertz CT molecular complexity index is 1340. The molecule has 2 fully saturated rings. The molecule has 3 aliphatic rings. The standard InChI is InChI=1S/C25H21Cl3N2O2S2/c26-15-5-3-12(4-6-15)20-21-13-1-2-14(9-13)22(21)33-24-23(20)34-25(32)30(24)11-19(31)29-16-7-8-17(27)18(28)10-16/h3-8,10,13-14,20-22H,1-2,9,11H2,(H,29,31). The summed E-state index contributed by atoms with van der Waals surface area (Å²) in [6, 6.07) is 13.0. The minimum Gasteiger partial charge on any atom is -0.324 e. The maximum absolute atomic E-state index is 13.2. The van der Waals surface area contributed by atoms with E-state index in [1.54, 1.807) is 22.8 Å². The van der Waals surface area contributed by atoms with E-state index in [1.165, 1.54) is 36.2 Å². The zero-order chi connectivity index (χ0) is 23.6. The summed E-state index contributed by atoms with van der Waals surface area (Å²) >= 11 is 21.3. The molecule has 5 unspecified atom stereocenters. The van der Waals surface area contributed by atoms with Gasteiger partial charge in [-0.15, -0.1) is 11.8 Å². The van der Waals surface area contributed by atoms with Crippen LogP contribution in [0.1, 0.15) is 35.6 Å². The van der Waals surface area contributed by atoms with Gasteiger partial charge in [-0.25, -0.2) is 0 Å². The highest BCUT2D eigenvalue weighted by molar-refractivity contribution is 8.00. The van der Waals surface area contributed by atoms with Crippen molar-refractivity contribution in [1.29, 1.82) is 0 Å². The first kappa shape index (κ1) is 23.0. The van der Waals surface area contributed by atoms with E-state index in [4.69, 9.17) is 34.8 Å². The number of aromatic nitrogens is 1. The van der Waals surface area contributed by atoms with E-state index < -0.39 is 0 Å². The molecule has 2 aliphatic carbocycles. The summed E-state index contributed by atoms with van der Waals surface area (Å²) in [4.78, 5) is 27.0. The van der Waals surface area contributed by atoms with Crippen LogP contribution in [0.15, 0.2) is 52.3 Å². The van der Waals surface area contributed by atoms with Crippen molar-refractivity contribution in [3.63, 3.8) is 0 Å². The van der Waals surface area contributed by atoms with Crippen LogP contribution in [0.2, 0.25) is 15.1 Å². The molecule has 0 spiro atoms. The normalized spacial score (nSPS) is 26.9. The number of hydrogen-bond acceptors (Lipinski definition) is 4. The van der Waals surface area contributed by atoms with Gasteiger partial charge in [0.15, 0.2) is 0 Å². The molecule has 34 heavy (non-hydrogen) atoms. The molecule has 1 aliphatic heterocycles. The SMILES string of the molecule is O=C(Cn1c2c(sc1=O)C(c1ccc(Cl)cc1)C1C3CCC(C3)C1S2)Nc1ccc(Cl)c(Cl)c1. The average Bonchev–Trinajstić information content (AvgIpc) is 3.50. The van der Waals surface area contributed by atoms with Gasteiger partial charge in [0.05, 0.1) is 15.1 Å². The lowest BCUT2D eigenvalue weighted by atomic mass is 9.75. The van der Waals surface area contributed by atoms with Crippen LogP contribution in [-0.4, -0.2) is 15.7 Å². The number of fused-ring (bicyclic) bond motifs is 6. The number of thiazole rings is 1. The minimum absolute atomic E-state index is 0.0310. The maximum atomic E-state index is 13.2. The van der Waals surface area contributed by atoms with Crippen LogP contribution in [0.25, 0.3) is 0 Å². The van der Waals surface area contributed by atoms with Crippen molar-refractivity contribution in [2.45, 2.75) is 42.0 Å². The number of halogens is 3. The van der Waals surface area contributed by atoms with Crippen molar-refractivity contribution in [2.24, 2.45) is 17.8 Å². The highest BCUT2D eigenvalue weighted by atomic mass is 35.5. The smallest absolute Gasteiger partial charge is 0.308 e. The largest absolute Gasteiger partial charge is 0.324 e. The lowest BCUT2D eigenvalue weighted by Gasteiger charge is -2.40. The number of anilines is 1. The van der Waals surface area contributed by atoms with Gasteiger partial charge in [0.2, 0.25) is 5.91 Å². The Labute approximate surface area is 220 Å². The summed E-state index contributed by atoms with van der Waals surface area (Å²) in [5.74, 6) is 1.80. The second-order valence-electron chi connectivity index (χ2n) is 9.32. The van der Waals surface area contributed by atoms with Gasteiger partial charge in [0.1, 0.15) is 6.54 Å². The molecule has 2 saturated carbocycles. The van der Waals surface area contributed by atoms with Crippen LogP contribution in [0.5, 0.6) is 0 Å². The fourth-order valence-electron chi connectivity index (χ4n) is 6.05. The Hall–Kier alpha value is -1.44. The summed E-state index contributed by atoms with van der Waals surface area (Å²) in [5.41, 5.74) is 1.76. The van der Waals surface area contributed by atoms with Gasteiger partial charge in [-0.1, -0.05) is 58.3 Å². The molecule has 3 aromatic rings. The third kappa shape index (κ3) is 3.92. The van der Waals surface area contributed by atoms with E-state index in [2.05, 4.69) is 17.4 Å². The predicted octanol–water partition coefficient (Wildman–Crippen LogP) is 7.16. The van der Waals surface area contributed by atoms with E-state index in [0.717, 1.165) is 9.90 Å². The third-order valence-electron chi connectivity index (χ3n) is 7.42. The number of nitrogens with zero attached hydrogens (tertiary/aromatic N) is 1. The van der Waals surface area contributed by atoms with Gasteiger partial charge in [0, 0.05) is 26.8 Å². The first-order chi connectivity index (χ1) is 16.4. The lowest BCUT2D eigenvalue weighted by Crippen LogP contribution is -2.34. The van der Waals surface area contributed by atoms with Crippen LogP contribution in [0, 0.1) is 17.8 Å². The van der Waals surface area contributed by atoms with Crippen LogP contribution >= 0.6 is 57.9 Å². The topological polar surface area (TPSA) is 51.1 Å². The van der Waals surface area contributed by atoms with Crippen molar-refractivity contribution in [3.05, 3.63) is 77.6 Å². The quantitative estimate of drug-likeness (QED) is 0.374. The van der Waals surface area contributed by atoms with Crippen molar-refractivity contribution in [3.8, 4) is 0 Å². The Morgan fingerprint density at radius 3 is 2.56 bits per heavy atom. The molecule has 6 rings (SSSR count). The first-order valence-electron chi connectivity index (χ1n) is 11.3. The Morgan fingerprint density at radius 2 is 1.79 bits per heavy atom. The molecule has 9 heteroatoms. The van der Waals surface area contributed by atoms with Crippen molar-refractivity contribution in [1.82, 2.24) is 4.57 Å². The number of benzene rings is 2. The minimum atomic E-state index is -0.264. The van der Waals surface area contributed by atoms with Crippen LogP contribution in [0.4, 0.5) is 5.69 Å². The second kappa shape index (κ2) is 8.90. The predicted molar refractivity (Wildman–Crippen MR) is 141 cm³/mol. The van der Waals surface area contributed by atoms with Gasteiger partial charge < -0.3 is 5.32 Å². The second-order valence-corrected chi connectivity index (χ2v) is 12.7. The van der Waals surface area contributed by atoms with Gasteiger partial charge >= 0.3 is 4.87 Å². The zero-order valence-electron chi connectivity index (χ0n) is 18.0. The van der Waals surface area contributed by atoms with E-state index >= 15 is 0 Å². The summed E-state index contributed by atoms with van der Waals surface area (Å²) < 4.78 is 1.66. The molecule has 1 amide bonds. The average molecular weight is 552 g/mol. The summed E-state index contributed by atoms with van der Waals surface area (Å²) in [7, 11) is 0. The van der Waals surface area contributed by atoms with Gasteiger partial charge in [-0.05, 0) is 72.9 Å². The van der Waals surface area contributed by atoms with Crippen molar-refractivity contribution in [2.75, 3.05) is 5.32 Å². The molecule has 176 valence electrons. The lowest BCUT2D eigenvalue weighted by molar-refractivity contribution is -0.116. The van der Waals surface area contributed by atoms with Crippen molar-refractivity contribution < 1.29 is 4.79 Å². The van der Waals surface area contributed by atoms with Crippen LogP contribution in [-0.2, 0) is 11.3 Å². The van der Waals surface area contributed by atoms with Gasteiger partial charge in [0.25, 0.3) is 0 Å².